The number of carbonyl (C=O) groups is 5. The van der Waals surface area contributed by atoms with Crippen LogP contribution in [0.3, 0.4) is 0 Å². The van der Waals surface area contributed by atoms with Crippen LogP contribution in [-0.4, -0.2) is 77.0 Å². The van der Waals surface area contributed by atoms with Gasteiger partial charge < -0.3 is 20.7 Å². The summed E-state index contributed by atoms with van der Waals surface area (Å²) in [5.74, 6) is -4.13. The molecule has 206 valence electrons. The fourth-order valence-electron chi connectivity index (χ4n) is 6.56. The second kappa shape index (κ2) is 9.70. The van der Waals surface area contributed by atoms with Crippen LogP contribution >= 0.6 is 0 Å². The number of likely N-dealkylation sites (N-methyl/N-ethyl adjacent to an activating group) is 1. The molecular formula is C30H28N2O8. The molecule has 0 heterocycles. The molecule has 4 N–H and O–H groups in total. The Labute approximate surface area is 230 Å². The van der Waals surface area contributed by atoms with Gasteiger partial charge in [0.25, 0.3) is 0 Å². The van der Waals surface area contributed by atoms with Crippen molar-refractivity contribution in [3.05, 3.63) is 58.7 Å². The van der Waals surface area contributed by atoms with E-state index in [0.29, 0.717) is 22.4 Å². The standard InChI is InChI=1S/C30H28N2O8/c1-32(2)24-19-13-16-12-18-15(8-7-14-5-4-6-17(11-14)40-3)9-10-20(33)22(18)25(34)21(16)27(36)30(19,39)28(37)23(26(24)35)29(31)38/h4-6,9-11,16,19,21,23-24,33,39H,12-13H2,1-3H3,(H2,31,38)/t16-,19-,21?,23?,24-,30-/m0/s1. The first-order valence-corrected chi connectivity index (χ1v) is 12.8. The van der Waals surface area contributed by atoms with Gasteiger partial charge in [0.15, 0.2) is 34.7 Å². The maximum Gasteiger partial charge on any atom is 0.235 e. The van der Waals surface area contributed by atoms with Gasteiger partial charge in [-0.3, -0.25) is 28.9 Å². The molecule has 5 rings (SSSR count). The van der Waals surface area contributed by atoms with E-state index in [4.69, 9.17) is 10.5 Å². The van der Waals surface area contributed by atoms with Crippen LogP contribution in [-0.2, 0) is 25.6 Å². The van der Waals surface area contributed by atoms with Crippen molar-refractivity contribution in [3.8, 4) is 23.3 Å². The number of nitrogens with zero attached hydrogens (tertiary/aromatic N) is 1. The van der Waals surface area contributed by atoms with Gasteiger partial charge in [-0.2, -0.15) is 0 Å². The number of aromatic hydroxyl groups is 1. The van der Waals surface area contributed by atoms with E-state index < -0.39 is 64.4 Å². The lowest BCUT2D eigenvalue weighted by Gasteiger charge is -2.52. The van der Waals surface area contributed by atoms with Crippen LogP contribution in [0.2, 0.25) is 0 Å². The molecule has 2 aromatic rings. The summed E-state index contributed by atoms with van der Waals surface area (Å²) in [6.45, 7) is 0. The number of aliphatic hydroxyl groups is 1. The molecule has 2 fully saturated rings. The number of methoxy groups -OCH3 is 1. The van der Waals surface area contributed by atoms with Gasteiger partial charge in [-0.25, -0.2) is 0 Å². The van der Waals surface area contributed by atoms with Crippen LogP contribution in [0.15, 0.2) is 36.4 Å². The highest BCUT2D eigenvalue weighted by Crippen LogP contribution is 2.50. The zero-order chi connectivity index (χ0) is 29.1. The summed E-state index contributed by atoms with van der Waals surface area (Å²) in [4.78, 5) is 67.7. The lowest BCUT2D eigenvalue weighted by molar-refractivity contribution is -0.181. The van der Waals surface area contributed by atoms with E-state index in [1.165, 1.54) is 11.0 Å². The Morgan fingerprint density at radius 2 is 1.82 bits per heavy atom. The SMILES string of the molecule is COc1cccc(C#Cc2ccc(O)c3c2C[C@H]2C[C@H]4[C@H](N(C)C)C(=O)C(C(N)=O)C(=O)[C@@]4(O)C(=O)C2C3=O)c1. The van der Waals surface area contributed by atoms with Gasteiger partial charge in [0, 0.05) is 17.0 Å². The van der Waals surface area contributed by atoms with Crippen molar-refractivity contribution in [2.45, 2.75) is 24.5 Å². The number of Topliss-reactive ketones (excluding diaryl/α,β-unsaturated/α-hetero) is 4. The minimum absolute atomic E-state index is 0.0255. The topological polar surface area (TPSA) is 164 Å². The first kappa shape index (κ1) is 27.2. The summed E-state index contributed by atoms with van der Waals surface area (Å²) in [6, 6.07) is 8.85. The molecule has 2 saturated carbocycles. The summed E-state index contributed by atoms with van der Waals surface area (Å²) < 4.78 is 5.23. The van der Waals surface area contributed by atoms with Gasteiger partial charge in [-0.1, -0.05) is 17.9 Å². The van der Waals surface area contributed by atoms with Crippen LogP contribution in [0.5, 0.6) is 11.5 Å². The summed E-state index contributed by atoms with van der Waals surface area (Å²) >= 11 is 0. The number of primary amides is 1. The number of phenols is 1. The molecule has 40 heavy (non-hydrogen) atoms. The number of benzene rings is 2. The largest absolute Gasteiger partial charge is 0.507 e. The van der Waals surface area contributed by atoms with Crippen molar-refractivity contribution in [3.63, 3.8) is 0 Å². The predicted molar refractivity (Wildman–Crippen MR) is 140 cm³/mol. The highest BCUT2D eigenvalue weighted by molar-refractivity contribution is 6.32. The van der Waals surface area contributed by atoms with Crippen LogP contribution in [0.1, 0.15) is 33.5 Å². The molecule has 0 radical (unpaired) electrons. The molecular weight excluding hydrogens is 516 g/mol. The van der Waals surface area contributed by atoms with Crippen LogP contribution in [0, 0.1) is 35.5 Å². The van der Waals surface area contributed by atoms with E-state index in [1.54, 1.807) is 51.5 Å². The lowest BCUT2D eigenvalue weighted by atomic mass is 9.52. The number of hydrogen-bond acceptors (Lipinski definition) is 9. The van der Waals surface area contributed by atoms with E-state index in [2.05, 4.69) is 11.8 Å². The lowest BCUT2D eigenvalue weighted by Crippen LogP contribution is -2.74. The molecule has 2 unspecified atom stereocenters. The fourth-order valence-corrected chi connectivity index (χ4v) is 6.56. The first-order valence-electron chi connectivity index (χ1n) is 12.8. The average molecular weight is 545 g/mol. The fraction of sp³-hybridized carbons (Fsp3) is 0.367. The third-order valence-corrected chi connectivity index (χ3v) is 8.36. The number of fused-ring (bicyclic) bond motifs is 3. The normalized spacial score (nSPS) is 29.2. The average Bonchev–Trinajstić information content (AvgIpc) is 2.90. The van der Waals surface area contributed by atoms with E-state index in [1.807, 2.05) is 0 Å². The molecule has 0 aliphatic heterocycles. The number of nitrogens with two attached hydrogens (primary N) is 1. The molecule has 3 aliphatic rings. The Hall–Kier alpha value is -4.33. The van der Waals surface area contributed by atoms with Gasteiger partial charge in [0.2, 0.25) is 5.91 Å². The quantitative estimate of drug-likeness (QED) is 0.364. The molecule has 10 nitrogen and oxygen atoms in total. The first-order chi connectivity index (χ1) is 18.9. The van der Waals surface area contributed by atoms with Crippen molar-refractivity contribution in [1.29, 1.82) is 0 Å². The highest BCUT2D eigenvalue weighted by atomic mass is 16.5. The van der Waals surface area contributed by atoms with Gasteiger partial charge in [-0.05, 0) is 68.8 Å². The smallest absolute Gasteiger partial charge is 0.235 e. The predicted octanol–water partition coefficient (Wildman–Crippen LogP) is 0.275. The van der Waals surface area contributed by atoms with E-state index in [0.717, 1.165) is 0 Å². The second-order valence-corrected chi connectivity index (χ2v) is 10.8. The van der Waals surface area contributed by atoms with Gasteiger partial charge in [-0.15, -0.1) is 0 Å². The molecule has 10 heteroatoms. The molecule has 1 amide bonds. The Balaban J connectivity index is 1.60. The number of rotatable bonds is 3. The van der Waals surface area contributed by atoms with E-state index >= 15 is 0 Å². The van der Waals surface area contributed by atoms with Crippen LogP contribution < -0.4 is 10.5 Å². The molecule has 0 bridgehead atoms. The Morgan fingerprint density at radius 1 is 1.10 bits per heavy atom. The minimum Gasteiger partial charge on any atom is -0.507 e. The van der Waals surface area contributed by atoms with Gasteiger partial charge in [0.1, 0.15) is 11.5 Å². The Bertz CT molecular complexity index is 1550. The number of carbonyl (C=O) groups excluding carboxylic acids is 5. The highest BCUT2D eigenvalue weighted by Gasteiger charge is 2.69. The van der Waals surface area contributed by atoms with Crippen molar-refractivity contribution >= 4 is 29.0 Å². The van der Waals surface area contributed by atoms with Crippen LogP contribution in [0.4, 0.5) is 0 Å². The minimum atomic E-state index is -2.75. The second-order valence-electron chi connectivity index (χ2n) is 10.8. The maximum atomic E-state index is 13.9. The molecule has 0 spiro atoms. The number of amides is 1. The number of phenolic OH excluding ortho intramolecular Hbond substituents is 1. The van der Waals surface area contributed by atoms with Crippen molar-refractivity contribution < 1.29 is 38.9 Å². The number of ether oxygens (including phenoxy) is 1. The zero-order valence-corrected chi connectivity index (χ0v) is 22.1. The molecule has 0 saturated heterocycles. The number of ketones is 4. The van der Waals surface area contributed by atoms with E-state index in [9.17, 15) is 34.2 Å². The molecule has 3 aliphatic carbocycles. The summed E-state index contributed by atoms with van der Waals surface area (Å²) in [5.41, 5.74) is 4.08. The van der Waals surface area contributed by atoms with Gasteiger partial charge in [0.05, 0.1) is 24.6 Å². The Morgan fingerprint density at radius 3 is 2.48 bits per heavy atom. The summed E-state index contributed by atoms with van der Waals surface area (Å²) in [6.07, 6.45) is 0.116. The van der Waals surface area contributed by atoms with Gasteiger partial charge >= 0.3 is 0 Å². The molecule has 0 aromatic heterocycles. The zero-order valence-electron chi connectivity index (χ0n) is 22.1. The molecule has 6 atom stereocenters. The number of hydrogen-bond donors (Lipinski definition) is 3. The van der Waals surface area contributed by atoms with Crippen molar-refractivity contribution in [2.75, 3.05) is 21.2 Å². The summed E-state index contributed by atoms with van der Waals surface area (Å²) in [7, 11) is 4.62. The monoisotopic (exact) mass is 544 g/mol. The summed E-state index contributed by atoms with van der Waals surface area (Å²) in [5, 5.41) is 22.3. The third-order valence-electron chi connectivity index (χ3n) is 8.36. The maximum absolute atomic E-state index is 13.9. The Kier molecular flexibility index (Phi) is 6.60. The van der Waals surface area contributed by atoms with Crippen LogP contribution in [0.25, 0.3) is 0 Å². The third kappa shape index (κ3) is 3.93. The van der Waals surface area contributed by atoms with Crippen molar-refractivity contribution in [2.24, 2.45) is 29.4 Å². The molecule has 2 aromatic carbocycles. The van der Waals surface area contributed by atoms with E-state index in [-0.39, 0.29) is 24.2 Å². The van der Waals surface area contributed by atoms with Crippen molar-refractivity contribution in [1.82, 2.24) is 4.90 Å².